The van der Waals surface area contributed by atoms with E-state index in [9.17, 15) is 8.78 Å². The lowest BCUT2D eigenvalue weighted by Gasteiger charge is -2.11. The van der Waals surface area contributed by atoms with Gasteiger partial charge in [0.05, 0.1) is 21.9 Å². The Morgan fingerprint density at radius 3 is 2.52 bits per heavy atom. The number of nitrogens with one attached hydrogen (secondary N) is 1. The number of hydrogen-bond acceptors (Lipinski definition) is 2. The van der Waals surface area contributed by atoms with Crippen molar-refractivity contribution in [1.82, 2.24) is 15.1 Å². The van der Waals surface area contributed by atoms with Crippen LogP contribution in [0.5, 0.6) is 0 Å². The first-order chi connectivity index (χ1) is 9.90. The number of halogens is 4. The van der Waals surface area contributed by atoms with Crippen molar-refractivity contribution in [3.63, 3.8) is 0 Å². The molecule has 1 heterocycles. The fraction of sp³-hybridized carbons (Fsp3) is 0.357. The molecule has 0 amide bonds. The summed E-state index contributed by atoms with van der Waals surface area (Å²) in [6.07, 6.45) is -1.19. The first-order valence-corrected chi connectivity index (χ1v) is 7.19. The van der Waals surface area contributed by atoms with Crippen LogP contribution in [0.2, 0.25) is 10.0 Å². The molecule has 1 N–H and O–H groups in total. The Hall–Kier alpha value is -1.17. The zero-order valence-electron chi connectivity index (χ0n) is 11.6. The first-order valence-electron chi connectivity index (χ1n) is 6.44. The Morgan fingerprint density at radius 1 is 1.24 bits per heavy atom. The fourth-order valence-electron chi connectivity index (χ4n) is 1.90. The highest BCUT2D eigenvalue weighted by molar-refractivity contribution is 6.42. The van der Waals surface area contributed by atoms with E-state index in [-0.39, 0.29) is 11.7 Å². The molecule has 0 saturated heterocycles. The fourth-order valence-corrected chi connectivity index (χ4v) is 2.19. The lowest BCUT2D eigenvalue weighted by molar-refractivity contribution is 0.141. The molecule has 7 heteroatoms. The Kier molecular flexibility index (Phi) is 5.19. The van der Waals surface area contributed by atoms with Gasteiger partial charge in [-0.2, -0.15) is 5.10 Å². The van der Waals surface area contributed by atoms with Crippen LogP contribution in [-0.2, 0) is 6.54 Å². The lowest BCUT2D eigenvalue weighted by Crippen LogP contribution is -2.22. The molecule has 0 saturated carbocycles. The summed E-state index contributed by atoms with van der Waals surface area (Å²) in [5, 5.41) is 7.83. The van der Waals surface area contributed by atoms with Gasteiger partial charge in [0.25, 0.3) is 6.43 Å². The van der Waals surface area contributed by atoms with Gasteiger partial charge < -0.3 is 5.32 Å². The second-order valence-electron chi connectivity index (χ2n) is 4.90. The predicted molar refractivity (Wildman–Crippen MR) is 80.5 cm³/mol. The summed E-state index contributed by atoms with van der Waals surface area (Å²) in [6, 6.07) is 4.88. The van der Waals surface area contributed by atoms with E-state index in [2.05, 4.69) is 10.4 Å². The summed E-state index contributed by atoms with van der Waals surface area (Å²) < 4.78 is 27.9. The largest absolute Gasteiger partial charge is 0.310 e. The number of hydrogen-bond donors (Lipinski definition) is 1. The van der Waals surface area contributed by atoms with Crippen LogP contribution >= 0.6 is 23.2 Å². The average Bonchev–Trinajstić information content (AvgIpc) is 2.83. The molecule has 0 bridgehead atoms. The predicted octanol–water partition coefficient (Wildman–Crippen LogP) is 4.61. The van der Waals surface area contributed by atoms with Crippen molar-refractivity contribution in [2.75, 3.05) is 0 Å². The highest BCUT2D eigenvalue weighted by atomic mass is 35.5. The van der Waals surface area contributed by atoms with Gasteiger partial charge in [-0.05, 0) is 18.2 Å². The molecule has 0 aliphatic heterocycles. The molecule has 0 fully saturated rings. The topological polar surface area (TPSA) is 29.9 Å². The van der Waals surface area contributed by atoms with Gasteiger partial charge in [0, 0.05) is 18.2 Å². The average molecular weight is 334 g/mol. The summed E-state index contributed by atoms with van der Waals surface area (Å²) in [5.41, 5.74) is 0.779. The standard InChI is InChI=1S/C14H15Cl2F2N3/c1-8(2)19-6-9-7-20-21(13(9)14(17)18)10-3-4-11(15)12(16)5-10/h3-5,7-8,14,19H,6H2,1-2H3. The summed E-state index contributed by atoms with van der Waals surface area (Å²) in [4.78, 5) is 0. The van der Waals surface area contributed by atoms with Crippen molar-refractivity contribution >= 4 is 23.2 Å². The Bertz CT molecular complexity index is 627. The summed E-state index contributed by atoms with van der Waals surface area (Å²) in [7, 11) is 0. The molecule has 114 valence electrons. The van der Waals surface area contributed by atoms with E-state index in [0.29, 0.717) is 27.8 Å². The zero-order chi connectivity index (χ0) is 15.6. The molecule has 3 nitrogen and oxygen atoms in total. The molecule has 0 aliphatic rings. The van der Waals surface area contributed by atoms with Crippen molar-refractivity contribution in [3.05, 3.63) is 45.7 Å². The second kappa shape index (κ2) is 6.73. The van der Waals surface area contributed by atoms with E-state index in [4.69, 9.17) is 23.2 Å². The molecule has 1 aromatic heterocycles. The van der Waals surface area contributed by atoms with E-state index >= 15 is 0 Å². The van der Waals surface area contributed by atoms with Crippen LogP contribution in [0.25, 0.3) is 5.69 Å². The van der Waals surface area contributed by atoms with Crippen LogP contribution in [0.3, 0.4) is 0 Å². The summed E-state index contributed by atoms with van der Waals surface area (Å²) in [6.45, 7) is 4.23. The number of rotatable bonds is 5. The number of benzene rings is 1. The van der Waals surface area contributed by atoms with Gasteiger partial charge in [0.1, 0.15) is 5.69 Å². The highest BCUT2D eigenvalue weighted by Crippen LogP contribution is 2.29. The van der Waals surface area contributed by atoms with Gasteiger partial charge in [-0.3, -0.25) is 0 Å². The highest BCUT2D eigenvalue weighted by Gasteiger charge is 2.21. The van der Waals surface area contributed by atoms with Gasteiger partial charge in [-0.15, -0.1) is 0 Å². The third kappa shape index (κ3) is 3.73. The molecule has 1 aromatic carbocycles. The molecule has 0 unspecified atom stereocenters. The zero-order valence-corrected chi connectivity index (χ0v) is 13.1. The molecular formula is C14H15Cl2F2N3. The van der Waals surface area contributed by atoms with E-state index in [1.165, 1.54) is 16.9 Å². The maximum Gasteiger partial charge on any atom is 0.280 e. The number of aromatic nitrogens is 2. The van der Waals surface area contributed by atoms with Crippen molar-refractivity contribution in [2.45, 2.75) is 32.9 Å². The normalized spacial score (nSPS) is 11.6. The Balaban J connectivity index is 2.41. The first kappa shape index (κ1) is 16.2. The van der Waals surface area contributed by atoms with E-state index in [0.717, 1.165) is 0 Å². The van der Waals surface area contributed by atoms with E-state index in [1.54, 1.807) is 12.1 Å². The smallest absolute Gasteiger partial charge is 0.280 e. The van der Waals surface area contributed by atoms with Gasteiger partial charge in [0.15, 0.2) is 0 Å². The minimum atomic E-state index is -2.63. The summed E-state index contributed by atoms with van der Waals surface area (Å²) >= 11 is 11.8. The minimum Gasteiger partial charge on any atom is -0.310 e. The number of nitrogens with zero attached hydrogens (tertiary/aromatic N) is 2. The van der Waals surface area contributed by atoms with Crippen LogP contribution in [0.4, 0.5) is 8.78 Å². The van der Waals surface area contributed by atoms with Crippen LogP contribution in [0, 0.1) is 0 Å². The maximum atomic E-state index is 13.4. The van der Waals surface area contributed by atoms with Crippen molar-refractivity contribution in [3.8, 4) is 5.69 Å². The maximum absolute atomic E-state index is 13.4. The van der Waals surface area contributed by atoms with Crippen LogP contribution < -0.4 is 5.32 Å². The van der Waals surface area contributed by atoms with Crippen molar-refractivity contribution in [2.24, 2.45) is 0 Å². The molecule has 0 radical (unpaired) electrons. The third-order valence-corrected chi connectivity index (χ3v) is 3.68. The van der Waals surface area contributed by atoms with Crippen molar-refractivity contribution in [1.29, 1.82) is 0 Å². The van der Waals surface area contributed by atoms with Gasteiger partial charge in [-0.25, -0.2) is 13.5 Å². The second-order valence-corrected chi connectivity index (χ2v) is 5.72. The van der Waals surface area contributed by atoms with Gasteiger partial charge in [-0.1, -0.05) is 37.0 Å². The monoisotopic (exact) mass is 333 g/mol. The van der Waals surface area contributed by atoms with Crippen LogP contribution in [0.1, 0.15) is 31.5 Å². The minimum absolute atomic E-state index is 0.137. The lowest BCUT2D eigenvalue weighted by atomic mass is 10.2. The van der Waals surface area contributed by atoms with Crippen molar-refractivity contribution < 1.29 is 8.78 Å². The molecule has 2 rings (SSSR count). The summed E-state index contributed by atoms with van der Waals surface area (Å²) in [5.74, 6) is 0. The van der Waals surface area contributed by atoms with Crippen LogP contribution in [0.15, 0.2) is 24.4 Å². The van der Waals surface area contributed by atoms with Crippen LogP contribution in [-0.4, -0.2) is 15.8 Å². The van der Waals surface area contributed by atoms with Gasteiger partial charge in [0.2, 0.25) is 0 Å². The third-order valence-electron chi connectivity index (χ3n) is 2.94. The molecular weight excluding hydrogens is 319 g/mol. The Morgan fingerprint density at radius 2 is 1.95 bits per heavy atom. The van der Waals surface area contributed by atoms with E-state index in [1.807, 2.05) is 13.8 Å². The van der Waals surface area contributed by atoms with E-state index < -0.39 is 6.43 Å². The SMILES string of the molecule is CC(C)NCc1cnn(-c2ccc(Cl)c(Cl)c2)c1C(F)F. The molecule has 21 heavy (non-hydrogen) atoms. The number of alkyl halides is 2. The molecule has 0 spiro atoms. The molecule has 0 aliphatic carbocycles. The Labute approximate surface area is 131 Å². The molecule has 0 atom stereocenters. The van der Waals surface area contributed by atoms with Gasteiger partial charge >= 0.3 is 0 Å². The quantitative estimate of drug-likeness (QED) is 0.865. The molecule has 2 aromatic rings.